The molecular formula is C27H41ClN4O2. The Morgan fingerprint density at radius 3 is 2.47 bits per heavy atom. The van der Waals surface area contributed by atoms with Crippen LogP contribution in [0.2, 0.25) is 5.02 Å². The highest BCUT2D eigenvalue weighted by molar-refractivity contribution is 6.31. The van der Waals surface area contributed by atoms with E-state index in [1.165, 1.54) is 70.9 Å². The number of nitrogens with zero attached hydrogens (tertiary/aromatic N) is 3. The minimum absolute atomic E-state index is 0.511. The number of nitrogens with one attached hydrogen (secondary N) is 1. The molecule has 0 unspecified atom stereocenters. The van der Waals surface area contributed by atoms with Crippen molar-refractivity contribution in [2.75, 3.05) is 51.3 Å². The van der Waals surface area contributed by atoms with Crippen molar-refractivity contribution in [2.24, 2.45) is 11.8 Å². The fourth-order valence-corrected chi connectivity index (χ4v) is 6.40. The fraction of sp³-hybridized carbons (Fsp3) is 0.741. The second-order valence-corrected chi connectivity index (χ2v) is 11.2. The molecule has 1 saturated heterocycles. The molecule has 0 radical (unpaired) electrons. The third-order valence-electron chi connectivity index (χ3n) is 8.61. The van der Waals surface area contributed by atoms with E-state index in [-0.39, 0.29) is 0 Å². The monoisotopic (exact) mass is 488 g/mol. The van der Waals surface area contributed by atoms with Gasteiger partial charge in [-0.3, -0.25) is 4.90 Å². The molecule has 3 aliphatic rings. The first-order valence-corrected chi connectivity index (χ1v) is 13.8. The first kappa shape index (κ1) is 24.4. The number of hydrogen-bond acceptors (Lipinski definition) is 6. The summed E-state index contributed by atoms with van der Waals surface area (Å²) in [6.45, 7) is 6.66. The van der Waals surface area contributed by atoms with Crippen LogP contribution in [-0.4, -0.2) is 68.6 Å². The van der Waals surface area contributed by atoms with Crippen LogP contribution in [0.1, 0.15) is 57.8 Å². The van der Waals surface area contributed by atoms with Crippen molar-refractivity contribution >= 4 is 28.4 Å². The van der Waals surface area contributed by atoms with Gasteiger partial charge >= 0.3 is 0 Å². The molecule has 188 valence electrons. The highest BCUT2D eigenvalue weighted by Crippen LogP contribution is 2.31. The minimum atomic E-state index is 0.511. The summed E-state index contributed by atoms with van der Waals surface area (Å²) in [7, 11) is 1.86. The van der Waals surface area contributed by atoms with E-state index >= 15 is 0 Å². The number of fused-ring (bicyclic) bond motifs is 1. The lowest BCUT2D eigenvalue weighted by Gasteiger charge is -2.36. The molecule has 34 heavy (non-hydrogen) atoms. The Balaban J connectivity index is 0.976. The van der Waals surface area contributed by atoms with Gasteiger partial charge in [0.15, 0.2) is 11.4 Å². The molecule has 1 aliphatic heterocycles. The Hall–Kier alpha value is -1.34. The summed E-state index contributed by atoms with van der Waals surface area (Å²) < 4.78 is 11.0. The standard InChI is InChI=1S/C27H41ClN4O2/c1-33-24-9-4-21(5-10-24)19-29-23-7-2-20(3-8-23)12-13-31-14-16-32(17-15-31)27-25-11-6-22(28)18-26(25)34-30-27/h6,11,18,20-21,23-24,29H,2-5,7-10,12-17,19H2,1H3. The zero-order valence-corrected chi connectivity index (χ0v) is 21.4. The lowest BCUT2D eigenvalue weighted by atomic mass is 9.83. The van der Waals surface area contributed by atoms with Crippen molar-refractivity contribution in [1.29, 1.82) is 0 Å². The average Bonchev–Trinajstić information content (AvgIpc) is 3.30. The molecule has 2 aliphatic carbocycles. The predicted octanol–water partition coefficient (Wildman–Crippen LogP) is 5.35. The molecule has 1 aromatic heterocycles. The molecule has 1 aromatic carbocycles. The van der Waals surface area contributed by atoms with Gasteiger partial charge in [-0.1, -0.05) is 16.8 Å². The lowest BCUT2D eigenvalue weighted by Crippen LogP contribution is -2.47. The summed E-state index contributed by atoms with van der Waals surface area (Å²) in [6.07, 6.45) is 12.5. The van der Waals surface area contributed by atoms with Gasteiger partial charge < -0.3 is 19.5 Å². The van der Waals surface area contributed by atoms with Gasteiger partial charge in [-0.15, -0.1) is 0 Å². The van der Waals surface area contributed by atoms with Gasteiger partial charge in [-0.25, -0.2) is 0 Å². The highest BCUT2D eigenvalue weighted by Gasteiger charge is 2.26. The zero-order chi connectivity index (χ0) is 23.3. The van der Waals surface area contributed by atoms with Gasteiger partial charge in [-0.05, 0) is 94.8 Å². The number of ether oxygens (including phenoxy) is 1. The summed E-state index contributed by atoms with van der Waals surface area (Å²) in [5.41, 5.74) is 0.772. The van der Waals surface area contributed by atoms with Crippen LogP contribution in [0.4, 0.5) is 5.82 Å². The first-order chi connectivity index (χ1) is 16.7. The number of aromatic nitrogens is 1. The molecular weight excluding hydrogens is 448 g/mol. The van der Waals surface area contributed by atoms with E-state index in [0.717, 1.165) is 60.8 Å². The van der Waals surface area contributed by atoms with E-state index in [2.05, 4.69) is 20.3 Å². The molecule has 0 spiro atoms. The maximum Gasteiger partial charge on any atom is 0.180 e. The number of hydrogen-bond donors (Lipinski definition) is 1. The van der Waals surface area contributed by atoms with Crippen LogP contribution in [0.25, 0.3) is 11.0 Å². The number of anilines is 1. The van der Waals surface area contributed by atoms with Crippen molar-refractivity contribution < 1.29 is 9.26 Å². The van der Waals surface area contributed by atoms with E-state index < -0.39 is 0 Å². The van der Waals surface area contributed by atoms with Crippen LogP contribution in [-0.2, 0) is 4.74 Å². The molecule has 5 rings (SSSR count). The Labute approximate surface area is 209 Å². The molecule has 7 heteroatoms. The zero-order valence-electron chi connectivity index (χ0n) is 20.7. The summed E-state index contributed by atoms with van der Waals surface area (Å²) >= 11 is 6.08. The van der Waals surface area contributed by atoms with Crippen LogP contribution >= 0.6 is 11.6 Å². The number of halogens is 1. The van der Waals surface area contributed by atoms with Gasteiger partial charge in [0, 0.05) is 50.4 Å². The maximum atomic E-state index is 6.08. The van der Waals surface area contributed by atoms with Crippen LogP contribution in [0.15, 0.2) is 22.7 Å². The summed E-state index contributed by atoms with van der Waals surface area (Å²) in [6, 6.07) is 6.53. The molecule has 1 N–H and O–H groups in total. The Morgan fingerprint density at radius 2 is 1.74 bits per heavy atom. The van der Waals surface area contributed by atoms with Crippen LogP contribution in [0, 0.1) is 11.8 Å². The van der Waals surface area contributed by atoms with Gasteiger partial charge in [0.2, 0.25) is 0 Å². The normalized spacial score (nSPS) is 29.1. The molecule has 3 fully saturated rings. The molecule has 0 bridgehead atoms. The van der Waals surface area contributed by atoms with Gasteiger partial charge in [0.1, 0.15) is 0 Å². The molecule has 2 saturated carbocycles. The van der Waals surface area contributed by atoms with E-state index in [4.69, 9.17) is 20.9 Å². The summed E-state index contributed by atoms with van der Waals surface area (Å²) in [5.74, 6) is 2.72. The van der Waals surface area contributed by atoms with Crippen LogP contribution < -0.4 is 10.2 Å². The average molecular weight is 489 g/mol. The van der Waals surface area contributed by atoms with Crippen molar-refractivity contribution in [2.45, 2.75) is 69.9 Å². The number of benzene rings is 1. The van der Waals surface area contributed by atoms with E-state index in [0.29, 0.717) is 11.1 Å². The summed E-state index contributed by atoms with van der Waals surface area (Å²) in [4.78, 5) is 4.99. The molecule has 2 aromatic rings. The lowest BCUT2D eigenvalue weighted by molar-refractivity contribution is 0.0560. The van der Waals surface area contributed by atoms with Gasteiger partial charge in [0.25, 0.3) is 0 Å². The molecule has 0 amide bonds. The molecule has 0 atom stereocenters. The smallest absolute Gasteiger partial charge is 0.180 e. The number of methoxy groups -OCH3 is 1. The first-order valence-electron chi connectivity index (χ1n) is 13.5. The minimum Gasteiger partial charge on any atom is -0.381 e. The fourth-order valence-electron chi connectivity index (χ4n) is 6.23. The second kappa shape index (κ2) is 11.6. The Kier molecular flexibility index (Phi) is 8.31. The Bertz CT molecular complexity index is 897. The highest BCUT2D eigenvalue weighted by atomic mass is 35.5. The predicted molar refractivity (Wildman–Crippen MR) is 139 cm³/mol. The largest absolute Gasteiger partial charge is 0.381 e. The summed E-state index contributed by atoms with van der Waals surface area (Å²) in [5, 5.41) is 9.98. The molecule has 6 nitrogen and oxygen atoms in total. The second-order valence-electron chi connectivity index (χ2n) is 10.8. The molecule has 2 heterocycles. The third-order valence-corrected chi connectivity index (χ3v) is 8.84. The van der Waals surface area contributed by atoms with Crippen LogP contribution in [0.3, 0.4) is 0 Å². The van der Waals surface area contributed by atoms with Crippen molar-refractivity contribution in [3.63, 3.8) is 0 Å². The Morgan fingerprint density at radius 1 is 1.00 bits per heavy atom. The quantitative estimate of drug-likeness (QED) is 0.540. The number of rotatable bonds is 8. The third kappa shape index (κ3) is 6.07. The SMILES string of the molecule is COC1CCC(CNC2CCC(CCN3CCN(c4noc5cc(Cl)ccc45)CC3)CC2)CC1. The van der Waals surface area contributed by atoms with Crippen molar-refractivity contribution in [1.82, 2.24) is 15.4 Å². The maximum absolute atomic E-state index is 6.08. The van der Waals surface area contributed by atoms with Gasteiger partial charge in [-0.2, -0.15) is 0 Å². The van der Waals surface area contributed by atoms with Crippen molar-refractivity contribution in [3.05, 3.63) is 23.2 Å². The topological polar surface area (TPSA) is 53.8 Å². The van der Waals surface area contributed by atoms with Crippen molar-refractivity contribution in [3.8, 4) is 0 Å². The van der Waals surface area contributed by atoms with Gasteiger partial charge in [0.05, 0.1) is 11.5 Å². The number of piperazine rings is 1. The van der Waals surface area contributed by atoms with Crippen LogP contribution in [0.5, 0.6) is 0 Å². The van der Waals surface area contributed by atoms with E-state index in [1.807, 2.05) is 25.3 Å². The van der Waals surface area contributed by atoms with E-state index in [9.17, 15) is 0 Å². The van der Waals surface area contributed by atoms with E-state index in [1.54, 1.807) is 0 Å².